The first-order valence-corrected chi connectivity index (χ1v) is 11.6. The van der Waals surface area contributed by atoms with Crippen molar-refractivity contribution in [2.24, 2.45) is 0 Å². The van der Waals surface area contributed by atoms with Crippen molar-refractivity contribution in [1.29, 1.82) is 5.26 Å². The second-order valence-corrected chi connectivity index (χ2v) is 7.97. The molecular formula is C25H29N9O3. The number of H-pyrrole nitrogens is 1. The van der Waals surface area contributed by atoms with Crippen LogP contribution in [0.1, 0.15) is 19.4 Å². The topological polar surface area (TPSA) is 176 Å². The summed E-state index contributed by atoms with van der Waals surface area (Å²) in [6.45, 7) is 5.11. The van der Waals surface area contributed by atoms with Gasteiger partial charge in [-0.1, -0.05) is 0 Å². The van der Waals surface area contributed by atoms with Crippen molar-refractivity contribution in [2.45, 2.75) is 13.8 Å². The van der Waals surface area contributed by atoms with Crippen LogP contribution >= 0.6 is 0 Å². The number of rotatable bonds is 12. The minimum absolute atomic E-state index is 0.0802. The molecule has 1 aromatic heterocycles. The molecule has 0 saturated heterocycles. The highest BCUT2D eigenvalue weighted by Gasteiger charge is 2.12. The van der Waals surface area contributed by atoms with Gasteiger partial charge in [0.15, 0.2) is 11.4 Å². The number of anilines is 6. The molecule has 1 heterocycles. The van der Waals surface area contributed by atoms with Crippen molar-refractivity contribution in [2.75, 3.05) is 47.4 Å². The number of benzene rings is 2. The van der Waals surface area contributed by atoms with Crippen molar-refractivity contribution < 1.29 is 9.59 Å². The molecule has 0 saturated carbocycles. The third-order valence-corrected chi connectivity index (χ3v) is 4.98. The number of hydrogen-bond donors (Lipinski definition) is 7. The average molecular weight is 504 g/mol. The van der Waals surface area contributed by atoms with Crippen LogP contribution in [-0.4, -0.2) is 48.0 Å². The first-order valence-electron chi connectivity index (χ1n) is 11.6. The monoisotopic (exact) mass is 503 g/mol. The van der Waals surface area contributed by atoms with Gasteiger partial charge in [0, 0.05) is 62.8 Å². The Balaban J connectivity index is 1.64. The van der Waals surface area contributed by atoms with Crippen LogP contribution in [0, 0.1) is 11.3 Å². The van der Waals surface area contributed by atoms with Crippen LogP contribution in [0.2, 0.25) is 0 Å². The second-order valence-electron chi connectivity index (χ2n) is 7.97. The van der Waals surface area contributed by atoms with Crippen molar-refractivity contribution in [3.8, 4) is 6.07 Å². The Morgan fingerprint density at radius 3 is 1.70 bits per heavy atom. The first-order chi connectivity index (χ1) is 17.8. The summed E-state index contributed by atoms with van der Waals surface area (Å²) in [6.07, 6.45) is 0. The molecule has 0 radical (unpaired) electrons. The van der Waals surface area contributed by atoms with Crippen LogP contribution in [-0.2, 0) is 9.59 Å². The number of aromatic nitrogens is 2. The van der Waals surface area contributed by atoms with E-state index in [-0.39, 0.29) is 29.1 Å². The molecule has 0 aliphatic heterocycles. The summed E-state index contributed by atoms with van der Waals surface area (Å²) in [5.74, 6) is 0.131. The van der Waals surface area contributed by atoms with Crippen LogP contribution in [0.5, 0.6) is 0 Å². The van der Waals surface area contributed by atoms with E-state index < -0.39 is 5.56 Å². The standard InChI is InChI=1S/C25H29N9O3/c1-16(35)27-11-13-29-18-3-7-20(8-4-18)31-23-22(15-26)24(37)34-25(33-23)32-21-9-5-19(6-10-21)30-14-12-28-17(2)36/h3-10,29-30H,11-14H2,1-2H3,(H,27,35)(H,28,36)(H3,31,32,33,34,37). The fraction of sp³-hybridized carbons (Fsp3) is 0.240. The van der Waals surface area contributed by atoms with E-state index in [9.17, 15) is 19.6 Å². The van der Waals surface area contributed by atoms with E-state index in [1.807, 2.05) is 42.5 Å². The lowest BCUT2D eigenvalue weighted by atomic mass is 10.2. The van der Waals surface area contributed by atoms with E-state index in [2.05, 4.69) is 41.9 Å². The zero-order chi connectivity index (χ0) is 26.6. The summed E-state index contributed by atoms with van der Waals surface area (Å²) < 4.78 is 0. The van der Waals surface area contributed by atoms with Gasteiger partial charge in [0.1, 0.15) is 6.07 Å². The Kier molecular flexibility index (Phi) is 9.44. The summed E-state index contributed by atoms with van der Waals surface area (Å²) in [4.78, 5) is 41.3. The largest absolute Gasteiger partial charge is 0.383 e. The van der Waals surface area contributed by atoms with E-state index >= 15 is 0 Å². The molecule has 12 nitrogen and oxygen atoms in total. The van der Waals surface area contributed by atoms with E-state index in [4.69, 9.17) is 0 Å². The average Bonchev–Trinajstić information content (AvgIpc) is 2.86. The van der Waals surface area contributed by atoms with Crippen LogP contribution < -0.4 is 37.5 Å². The fourth-order valence-electron chi connectivity index (χ4n) is 3.23. The molecule has 2 amide bonds. The number of carbonyl (C=O) groups excluding carboxylic acids is 2. The van der Waals surface area contributed by atoms with Gasteiger partial charge < -0.3 is 31.9 Å². The molecule has 12 heteroatoms. The van der Waals surface area contributed by atoms with Crippen LogP contribution in [0.25, 0.3) is 0 Å². The fourth-order valence-corrected chi connectivity index (χ4v) is 3.23. The summed E-state index contributed by atoms with van der Waals surface area (Å²) in [6, 6.07) is 16.5. The highest BCUT2D eigenvalue weighted by molar-refractivity contribution is 5.73. The van der Waals surface area contributed by atoms with Crippen molar-refractivity contribution in [3.63, 3.8) is 0 Å². The Labute approximate surface area is 213 Å². The third kappa shape index (κ3) is 8.59. The highest BCUT2D eigenvalue weighted by atomic mass is 16.2. The van der Waals surface area contributed by atoms with E-state index in [1.165, 1.54) is 13.8 Å². The number of aromatic amines is 1. The van der Waals surface area contributed by atoms with Gasteiger partial charge in [-0.2, -0.15) is 10.2 Å². The van der Waals surface area contributed by atoms with Crippen molar-refractivity contribution in [3.05, 3.63) is 64.4 Å². The minimum atomic E-state index is -0.574. The second kappa shape index (κ2) is 13.1. The van der Waals surface area contributed by atoms with Gasteiger partial charge in [-0.25, -0.2) is 0 Å². The Hall–Kier alpha value is -5.05. The number of nitriles is 1. The van der Waals surface area contributed by atoms with Gasteiger partial charge in [0.05, 0.1) is 0 Å². The zero-order valence-corrected chi connectivity index (χ0v) is 20.6. The van der Waals surface area contributed by atoms with E-state index in [0.29, 0.717) is 37.6 Å². The Morgan fingerprint density at radius 1 is 0.784 bits per heavy atom. The molecule has 0 aliphatic carbocycles. The number of nitrogens with zero attached hydrogens (tertiary/aromatic N) is 2. The molecule has 0 spiro atoms. The number of hydrogen-bond acceptors (Lipinski definition) is 9. The van der Waals surface area contributed by atoms with Crippen LogP contribution in [0.4, 0.5) is 34.5 Å². The summed E-state index contributed by atoms with van der Waals surface area (Å²) in [5.41, 5.74) is 2.33. The predicted molar refractivity (Wildman–Crippen MR) is 143 cm³/mol. The van der Waals surface area contributed by atoms with Crippen LogP contribution in [0.15, 0.2) is 53.3 Å². The Morgan fingerprint density at radius 2 is 1.24 bits per heavy atom. The van der Waals surface area contributed by atoms with Gasteiger partial charge in [0.25, 0.3) is 5.56 Å². The third-order valence-electron chi connectivity index (χ3n) is 4.98. The quantitative estimate of drug-likeness (QED) is 0.183. The molecule has 37 heavy (non-hydrogen) atoms. The maximum Gasteiger partial charge on any atom is 0.272 e. The van der Waals surface area contributed by atoms with Gasteiger partial charge in [-0.3, -0.25) is 19.4 Å². The van der Waals surface area contributed by atoms with E-state index in [0.717, 1.165) is 11.4 Å². The smallest absolute Gasteiger partial charge is 0.272 e. The summed E-state index contributed by atoms with van der Waals surface area (Å²) in [7, 11) is 0. The zero-order valence-electron chi connectivity index (χ0n) is 20.6. The molecule has 7 N–H and O–H groups in total. The summed E-state index contributed by atoms with van der Waals surface area (Å²) in [5, 5.41) is 27.3. The van der Waals surface area contributed by atoms with Gasteiger partial charge in [-0.15, -0.1) is 0 Å². The molecule has 3 rings (SSSR count). The number of nitrogens with one attached hydrogen (secondary N) is 7. The highest BCUT2D eigenvalue weighted by Crippen LogP contribution is 2.21. The minimum Gasteiger partial charge on any atom is -0.383 e. The molecule has 0 unspecified atom stereocenters. The lowest BCUT2D eigenvalue weighted by molar-refractivity contribution is -0.119. The molecule has 192 valence electrons. The SMILES string of the molecule is CC(=O)NCCNc1ccc(Nc2nc(Nc3ccc(NCCNC(C)=O)cc3)c(C#N)c(=O)[nH]2)cc1. The maximum absolute atomic E-state index is 12.5. The maximum atomic E-state index is 12.5. The number of carbonyl (C=O) groups is 2. The molecular weight excluding hydrogens is 474 g/mol. The lowest BCUT2D eigenvalue weighted by Crippen LogP contribution is -2.26. The summed E-state index contributed by atoms with van der Waals surface area (Å²) >= 11 is 0. The van der Waals surface area contributed by atoms with Gasteiger partial charge in [0.2, 0.25) is 17.8 Å². The molecule has 0 fully saturated rings. The molecule has 0 aliphatic rings. The van der Waals surface area contributed by atoms with Crippen molar-refractivity contribution >= 4 is 46.3 Å². The van der Waals surface area contributed by atoms with Gasteiger partial charge >= 0.3 is 0 Å². The van der Waals surface area contributed by atoms with Crippen molar-refractivity contribution in [1.82, 2.24) is 20.6 Å². The van der Waals surface area contributed by atoms with Gasteiger partial charge in [-0.05, 0) is 48.5 Å². The Bertz CT molecular complexity index is 1310. The first kappa shape index (κ1) is 26.6. The van der Waals surface area contributed by atoms with Crippen LogP contribution in [0.3, 0.4) is 0 Å². The molecule has 2 aromatic carbocycles. The number of amides is 2. The molecule has 3 aromatic rings. The predicted octanol–water partition coefficient (Wildman–Crippen LogP) is 2.22. The lowest BCUT2D eigenvalue weighted by Gasteiger charge is -2.12. The van der Waals surface area contributed by atoms with E-state index in [1.54, 1.807) is 12.1 Å². The molecule has 0 atom stereocenters. The molecule has 0 bridgehead atoms. The normalized spacial score (nSPS) is 10.1.